The third-order valence-corrected chi connectivity index (χ3v) is 3.37. The first-order chi connectivity index (χ1) is 6.62. The molecule has 1 rings (SSSR count). The molecule has 0 saturated carbocycles. The van der Waals surface area contributed by atoms with Gasteiger partial charge in [-0.15, -0.1) is 0 Å². The molecule has 78 valence electrons. The minimum atomic E-state index is 0.229. The van der Waals surface area contributed by atoms with Crippen molar-refractivity contribution in [2.45, 2.75) is 40.0 Å². The van der Waals surface area contributed by atoms with Gasteiger partial charge in [-0.25, -0.2) is 0 Å². The van der Waals surface area contributed by atoms with Crippen molar-refractivity contribution in [2.24, 2.45) is 11.3 Å². The number of aldehydes is 1. The molecule has 1 aliphatic carbocycles. The Kier molecular flexibility index (Phi) is 3.68. The average Bonchev–Trinajstić information content (AvgIpc) is 2.15. The second-order valence-corrected chi connectivity index (χ2v) is 4.50. The van der Waals surface area contributed by atoms with Crippen LogP contribution in [0.4, 0.5) is 0 Å². The highest BCUT2D eigenvalue weighted by Crippen LogP contribution is 2.42. The highest BCUT2D eigenvalue weighted by Gasteiger charge is 2.31. The molecule has 0 aliphatic heterocycles. The van der Waals surface area contributed by atoms with E-state index in [0.717, 1.165) is 19.1 Å². The normalized spacial score (nSPS) is 24.5. The van der Waals surface area contributed by atoms with Crippen LogP contribution in [0.15, 0.2) is 23.8 Å². The molecule has 0 amide bonds. The van der Waals surface area contributed by atoms with Crippen LogP contribution in [-0.2, 0) is 4.79 Å². The van der Waals surface area contributed by atoms with E-state index in [0.29, 0.717) is 12.3 Å². The lowest BCUT2D eigenvalue weighted by Crippen LogP contribution is -2.26. The molecule has 0 radical (unpaired) electrons. The van der Waals surface area contributed by atoms with Crippen molar-refractivity contribution in [3.05, 3.63) is 23.8 Å². The molecule has 14 heavy (non-hydrogen) atoms. The van der Waals surface area contributed by atoms with E-state index in [4.69, 9.17) is 0 Å². The number of allylic oxidation sites excluding steroid dienone is 4. The van der Waals surface area contributed by atoms with Gasteiger partial charge < -0.3 is 4.79 Å². The largest absolute Gasteiger partial charge is 0.303 e. The molecule has 0 aromatic carbocycles. The van der Waals surface area contributed by atoms with Crippen molar-refractivity contribution in [3.8, 4) is 0 Å². The van der Waals surface area contributed by atoms with Crippen LogP contribution in [0.1, 0.15) is 40.0 Å². The zero-order valence-electron chi connectivity index (χ0n) is 9.42. The summed E-state index contributed by atoms with van der Waals surface area (Å²) in [5, 5.41) is 0. The highest BCUT2D eigenvalue weighted by molar-refractivity contribution is 5.49. The van der Waals surface area contributed by atoms with Crippen LogP contribution in [0.2, 0.25) is 0 Å². The van der Waals surface area contributed by atoms with E-state index < -0.39 is 0 Å². The molecule has 1 aliphatic rings. The summed E-state index contributed by atoms with van der Waals surface area (Å²) in [6.45, 7) is 6.76. The van der Waals surface area contributed by atoms with Crippen molar-refractivity contribution in [2.75, 3.05) is 0 Å². The van der Waals surface area contributed by atoms with Crippen LogP contribution in [0.5, 0.6) is 0 Å². The number of carbonyl (C=O) groups excluding carboxylic acids is 1. The molecule has 1 unspecified atom stereocenters. The maximum Gasteiger partial charge on any atom is 0.120 e. The van der Waals surface area contributed by atoms with Crippen LogP contribution >= 0.6 is 0 Å². The summed E-state index contributed by atoms with van der Waals surface area (Å²) in [5.74, 6) is 0.521. The van der Waals surface area contributed by atoms with Gasteiger partial charge in [0.05, 0.1) is 0 Å². The number of carbonyl (C=O) groups is 1. The molecule has 1 heteroatoms. The number of rotatable bonds is 4. The van der Waals surface area contributed by atoms with Crippen molar-refractivity contribution >= 4 is 6.29 Å². The first kappa shape index (κ1) is 11.2. The summed E-state index contributed by atoms with van der Waals surface area (Å²) in [4.78, 5) is 10.4. The third-order valence-electron chi connectivity index (χ3n) is 3.37. The van der Waals surface area contributed by atoms with E-state index in [1.165, 1.54) is 5.57 Å². The van der Waals surface area contributed by atoms with Crippen LogP contribution in [0.3, 0.4) is 0 Å². The fraction of sp³-hybridized carbons (Fsp3) is 0.615. The maximum atomic E-state index is 10.4. The zero-order valence-corrected chi connectivity index (χ0v) is 9.42. The van der Waals surface area contributed by atoms with E-state index in [-0.39, 0.29) is 5.41 Å². The van der Waals surface area contributed by atoms with Gasteiger partial charge in [0.2, 0.25) is 0 Å². The molecule has 0 N–H and O–H groups in total. The Balaban J connectivity index is 2.75. The van der Waals surface area contributed by atoms with E-state index >= 15 is 0 Å². The van der Waals surface area contributed by atoms with E-state index in [1.807, 2.05) is 0 Å². The summed E-state index contributed by atoms with van der Waals surface area (Å²) in [6.07, 6.45) is 10.4. The summed E-state index contributed by atoms with van der Waals surface area (Å²) in [5.41, 5.74) is 1.72. The molecule has 0 heterocycles. The van der Waals surface area contributed by atoms with Crippen molar-refractivity contribution in [3.63, 3.8) is 0 Å². The first-order valence-electron chi connectivity index (χ1n) is 5.44. The molecule has 0 saturated heterocycles. The highest BCUT2D eigenvalue weighted by atomic mass is 16.1. The molecule has 1 nitrogen and oxygen atoms in total. The topological polar surface area (TPSA) is 17.1 Å². The van der Waals surface area contributed by atoms with Gasteiger partial charge in [0.15, 0.2) is 0 Å². The molecule has 0 fully saturated rings. The van der Waals surface area contributed by atoms with Crippen molar-refractivity contribution in [1.29, 1.82) is 0 Å². The van der Waals surface area contributed by atoms with Crippen molar-refractivity contribution < 1.29 is 4.79 Å². The van der Waals surface area contributed by atoms with Gasteiger partial charge in [-0.2, -0.15) is 0 Å². The molecule has 0 aromatic rings. The SMILES string of the molecule is CCC1=CC=CC(CCC=O)C1(C)C. The summed E-state index contributed by atoms with van der Waals surface area (Å²) < 4.78 is 0. The second-order valence-electron chi connectivity index (χ2n) is 4.50. The quantitative estimate of drug-likeness (QED) is 0.623. The summed E-state index contributed by atoms with van der Waals surface area (Å²) in [7, 11) is 0. The minimum Gasteiger partial charge on any atom is -0.303 e. The van der Waals surface area contributed by atoms with E-state index in [2.05, 4.69) is 39.0 Å². The summed E-state index contributed by atoms with van der Waals surface area (Å²) >= 11 is 0. The van der Waals surface area contributed by atoms with Crippen LogP contribution in [0, 0.1) is 11.3 Å². The van der Waals surface area contributed by atoms with E-state index in [9.17, 15) is 4.79 Å². The predicted molar refractivity (Wildman–Crippen MR) is 60.1 cm³/mol. The minimum absolute atomic E-state index is 0.229. The molecule has 1 atom stereocenters. The lowest BCUT2D eigenvalue weighted by Gasteiger charge is -2.37. The number of hydrogen-bond acceptors (Lipinski definition) is 1. The van der Waals surface area contributed by atoms with Gasteiger partial charge in [0.1, 0.15) is 6.29 Å². The molecule has 0 bridgehead atoms. The first-order valence-corrected chi connectivity index (χ1v) is 5.44. The Hall–Kier alpha value is -0.850. The molecular formula is C13H20O. The second kappa shape index (κ2) is 4.59. The fourth-order valence-electron chi connectivity index (χ4n) is 2.28. The molecule has 0 spiro atoms. The Morgan fingerprint density at radius 2 is 2.21 bits per heavy atom. The number of hydrogen-bond donors (Lipinski definition) is 0. The lowest BCUT2D eigenvalue weighted by atomic mass is 9.68. The smallest absolute Gasteiger partial charge is 0.120 e. The Labute approximate surface area is 86.9 Å². The zero-order chi connectivity index (χ0) is 10.6. The summed E-state index contributed by atoms with van der Waals surface area (Å²) in [6, 6.07) is 0. The maximum absolute atomic E-state index is 10.4. The van der Waals surface area contributed by atoms with Crippen LogP contribution < -0.4 is 0 Å². The van der Waals surface area contributed by atoms with Gasteiger partial charge in [-0.05, 0) is 24.2 Å². The monoisotopic (exact) mass is 192 g/mol. The Morgan fingerprint density at radius 1 is 1.50 bits per heavy atom. The third kappa shape index (κ3) is 2.14. The van der Waals surface area contributed by atoms with Gasteiger partial charge in [0.25, 0.3) is 0 Å². The molecular weight excluding hydrogens is 172 g/mol. The predicted octanol–water partition coefficient (Wildman–Crippen LogP) is 3.51. The fourth-order valence-corrected chi connectivity index (χ4v) is 2.28. The van der Waals surface area contributed by atoms with Crippen LogP contribution in [0.25, 0.3) is 0 Å². The van der Waals surface area contributed by atoms with E-state index in [1.54, 1.807) is 0 Å². The van der Waals surface area contributed by atoms with Crippen LogP contribution in [-0.4, -0.2) is 6.29 Å². The lowest BCUT2D eigenvalue weighted by molar-refractivity contribution is -0.108. The van der Waals surface area contributed by atoms with Gasteiger partial charge >= 0.3 is 0 Å². The molecule has 0 aromatic heterocycles. The van der Waals surface area contributed by atoms with Crippen molar-refractivity contribution in [1.82, 2.24) is 0 Å². The standard InChI is InChI=1S/C13H20O/c1-4-11-7-5-8-12(9-6-10-14)13(11,2)3/h5,7-8,10,12H,4,6,9H2,1-3H3. The van der Waals surface area contributed by atoms with Gasteiger partial charge in [0, 0.05) is 6.42 Å². The Bertz CT molecular complexity index is 258. The van der Waals surface area contributed by atoms with Gasteiger partial charge in [-0.1, -0.05) is 44.6 Å². The van der Waals surface area contributed by atoms with Gasteiger partial charge in [-0.3, -0.25) is 0 Å². The average molecular weight is 192 g/mol. The Morgan fingerprint density at radius 3 is 2.79 bits per heavy atom.